The van der Waals surface area contributed by atoms with Crippen LogP contribution in [0.25, 0.3) is 0 Å². The van der Waals surface area contributed by atoms with Crippen molar-refractivity contribution in [1.82, 2.24) is 14.1 Å². The van der Waals surface area contributed by atoms with Gasteiger partial charge in [0.05, 0.1) is 24.7 Å². The third-order valence-corrected chi connectivity index (χ3v) is 6.86. The van der Waals surface area contributed by atoms with Crippen molar-refractivity contribution in [3.63, 3.8) is 0 Å². The number of benzene rings is 1. The zero-order valence-corrected chi connectivity index (χ0v) is 16.7. The first-order chi connectivity index (χ1) is 13.7. The van der Waals surface area contributed by atoms with Crippen LogP contribution < -0.4 is 0 Å². The van der Waals surface area contributed by atoms with Crippen LogP contribution in [0.3, 0.4) is 0 Å². The summed E-state index contributed by atoms with van der Waals surface area (Å²) < 4.78 is 69.9. The molecule has 2 heterocycles. The summed E-state index contributed by atoms with van der Waals surface area (Å²) in [5, 5.41) is 0. The van der Waals surface area contributed by atoms with Crippen LogP contribution in [-0.2, 0) is 14.8 Å². The molecule has 2 aliphatic heterocycles. The first-order valence-electron chi connectivity index (χ1n) is 9.43. The number of carbonyl (C=O) groups is 1. The molecule has 3 rings (SSSR count). The Morgan fingerprint density at radius 1 is 1.03 bits per heavy atom. The second-order valence-electron chi connectivity index (χ2n) is 7.08. The normalized spacial score (nSPS) is 20.4. The lowest BCUT2D eigenvalue weighted by Gasteiger charge is -2.26. The topological polar surface area (TPSA) is 70.2 Å². The van der Waals surface area contributed by atoms with E-state index in [4.69, 9.17) is 4.74 Å². The minimum Gasteiger partial charge on any atom is -0.379 e. The van der Waals surface area contributed by atoms with Crippen molar-refractivity contribution >= 4 is 15.9 Å². The molecule has 29 heavy (non-hydrogen) atoms. The molecule has 162 valence electrons. The summed E-state index contributed by atoms with van der Waals surface area (Å²) in [7, 11) is -3.74. The van der Waals surface area contributed by atoms with E-state index in [1.165, 1.54) is 38.4 Å². The molecule has 0 spiro atoms. The van der Waals surface area contributed by atoms with Crippen LogP contribution in [0.5, 0.6) is 0 Å². The van der Waals surface area contributed by atoms with E-state index < -0.39 is 22.7 Å². The average molecular weight is 435 g/mol. The number of nitrogens with zero attached hydrogens (tertiary/aromatic N) is 3. The van der Waals surface area contributed by atoms with E-state index in [-0.39, 0.29) is 49.1 Å². The van der Waals surface area contributed by atoms with Crippen molar-refractivity contribution in [1.29, 1.82) is 0 Å². The van der Waals surface area contributed by atoms with E-state index in [9.17, 15) is 26.4 Å². The Morgan fingerprint density at radius 2 is 1.76 bits per heavy atom. The molecule has 11 heteroatoms. The fourth-order valence-electron chi connectivity index (χ4n) is 3.49. The monoisotopic (exact) mass is 435 g/mol. The highest BCUT2D eigenvalue weighted by molar-refractivity contribution is 7.89. The predicted octanol–water partition coefficient (Wildman–Crippen LogP) is 1.42. The molecule has 0 aromatic heterocycles. The highest BCUT2D eigenvalue weighted by Gasteiger charge is 2.32. The number of morpholine rings is 1. The molecule has 0 saturated carbocycles. The molecule has 2 aliphatic rings. The number of hydrogen-bond donors (Lipinski definition) is 0. The van der Waals surface area contributed by atoms with Gasteiger partial charge in [-0.05, 0) is 24.6 Å². The second kappa shape index (κ2) is 8.99. The summed E-state index contributed by atoms with van der Waals surface area (Å²) in [6.45, 7) is 1.01. The number of halogens is 3. The molecule has 0 N–H and O–H groups in total. The quantitative estimate of drug-likeness (QED) is 0.716. The maximum Gasteiger partial charge on any atom is 0.401 e. The first-order valence-corrected chi connectivity index (χ1v) is 10.9. The lowest BCUT2D eigenvalue weighted by molar-refractivity contribution is -0.145. The van der Waals surface area contributed by atoms with E-state index in [2.05, 4.69) is 0 Å². The van der Waals surface area contributed by atoms with Gasteiger partial charge < -0.3 is 9.64 Å². The molecule has 1 amide bonds. The van der Waals surface area contributed by atoms with Gasteiger partial charge in [-0.15, -0.1) is 0 Å². The van der Waals surface area contributed by atoms with E-state index in [0.29, 0.717) is 26.2 Å². The number of alkyl halides is 3. The molecule has 0 radical (unpaired) electrons. The van der Waals surface area contributed by atoms with Gasteiger partial charge in [-0.25, -0.2) is 8.42 Å². The van der Waals surface area contributed by atoms with Crippen molar-refractivity contribution in [3.8, 4) is 0 Å². The van der Waals surface area contributed by atoms with E-state index in [1.54, 1.807) is 0 Å². The highest BCUT2D eigenvalue weighted by Crippen LogP contribution is 2.21. The number of rotatable bonds is 4. The average Bonchev–Trinajstić information content (AvgIpc) is 2.92. The second-order valence-corrected chi connectivity index (χ2v) is 9.02. The Balaban J connectivity index is 1.71. The molecule has 2 fully saturated rings. The van der Waals surface area contributed by atoms with Crippen molar-refractivity contribution < 1.29 is 31.1 Å². The number of sulfonamides is 1. The summed E-state index contributed by atoms with van der Waals surface area (Å²) in [5.74, 6) is -0.377. The summed E-state index contributed by atoms with van der Waals surface area (Å²) in [6.07, 6.45) is -3.85. The van der Waals surface area contributed by atoms with Crippen LogP contribution in [0.15, 0.2) is 29.2 Å². The van der Waals surface area contributed by atoms with Crippen LogP contribution in [0, 0.1) is 0 Å². The summed E-state index contributed by atoms with van der Waals surface area (Å²) in [6, 6.07) is 5.81. The molecule has 0 atom stereocenters. The largest absolute Gasteiger partial charge is 0.401 e. The Labute approximate surface area is 168 Å². The highest BCUT2D eigenvalue weighted by atomic mass is 32.2. The summed E-state index contributed by atoms with van der Waals surface area (Å²) in [4.78, 5) is 15.7. The number of ether oxygens (including phenoxy) is 1. The smallest absolute Gasteiger partial charge is 0.379 e. The Morgan fingerprint density at radius 3 is 2.45 bits per heavy atom. The molecular weight excluding hydrogens is 411 g/mol. The predicted molar refractivity (Wildman–Crippen MR) is 99.0 cm³/mol. The number of amides is 1. The van der Waals surface area contributed by atoms with Gasteiger partial charge in [0.1, 0.15) is 0 Å². The van der Waals surface area contributed by atoms with Crippen LogP contribution >= 0.6 is 0 Å². The van der Waals surface area contributed by atoms with Crippen molar-refractivity contribution in [2.45, 2.75) is 17.5 Å². The minimum atomic E-state index is -4.28. The van der Waals surface area contributed by atoms with E-state index >= 15 is 0 Å². The molecule has 0 unspecified atom stereocenters. The Hall–Kier alpha value is -1.69. The lowest BCUT2D eigenvalue weighted by atomic mass is 10.2. The zero-order valence-electron chi connectivity index (χ0n) is 15.9. The number of carbonyl (C=O) groups excluding carboxylic acids is 1. The summed E-state index contributed by atoms with van der Waals surface area (Å²) >= 11 is 0. The fourth-order valence-corrected chi connectivity index (χ4v) is 4.95. The molecule has 7 nitrogen and oxygen atoms in total. The van der Waals surface area contributed by atoms with Gasteiger partial charge in [0.15, 0.2) is 0 Å². The molecular formula is C18H24F3N3O4S. The number of hydrogen-bond acceptors (Lipinski definition) is 5. The maximum absolute atomic E-state index is 12.9. The van der Waals surface area contributed by atoms with Gasteiger partial charge in [-0.2, -0.15) is 17.5 Å². The summed E-state index contributed by atoms with van der Waals surface area (Å²) in [5.41, 5.74) is 0.212. The van der Waals surface area contributed by atoms with Gasteiger partial charge in [0.2, 0.25) is 10.0 Å². The van der Waals surface area contributed by atoms with Gasteiger partial charge in [0.25, 0.3) is 5.91 Å². The van der Waals surface area contributed by atoms with Crippen LogP contribution in [0.2, 0.25) is 0 Å². The standard InChI is InChI=1S/C18H24F3N3O4S/c19-18(20,21)14-22-5-2-6-23(8-7-22)17(25)15-3-1-4-16(13-15)29(26,27)24-9-11-28-12-10-24/h1,3-4,13H,2,5-12,14H2. The first kappa shape index (κ1) is 22.0. The third kappa shape index (κ3) is 5.68. The molecule has 1 aromatic rings. The Kier molecular flexibility index (Phi) is 6.82. The van der Waals surface area contributed by atoms with Gasteiger partial charge in [-0.3, -0.25) is 9.69 Å². The zero-order chi connectivity index (χ0) is 21.1. The molecule has 0 aliphatic carbocycles. The lowest BCUT2D eigenvalue weighted by Crippen LogP contribution is -2.40. The molecule has 2 saturated heterocycles. The van der Waals surface area contributed by atoms with E-state index in [0.717, 1.165) is 0 Å². The molecule has 1 aromatic carbocycles. The maximum atomic E-state index is 12.9. The van der Waals surface area contributed by atoms with Crippen LogP contribution in [-0.4, -0.2) is 93.6 Å². The van der Waals surface area contributed by atoms with Crippen molar-refractivity contribution in [2.24, 2.45) is 0 Å². The van der Waals surface area contributed by atoms with Crippen LogP contribution in [0.1, 0.15) is 16.8 Å². The van der Waals surface area contributed by atoms with Crippen molar-refractivity contribution in [2.75, 3.05) is 59.0 Å². The molecule has 0 bridgehead atoms. The van der Waals surface area contributed by atoms with E-state index in [1.807, 2.05) is 0 Å². The van der Waals surface area contributed by atoms with Crippen molar-refractivity contribution in [3.05, 3.63) is 29.8 Å². The fraction of sp³-hybridized carbons (Fsp3) is 0.611. The third-order valence-electron chi connectivity index (χ3n) is 4.97. The Bertz CT molecular complexity index is 826. The SMILES string of the molecule is O=C(c1cccc(S(=O)(=O)N2CCOCC2)c1)N1CCCN(CC(F)(F)F)CC1. The van der Waals surface area contributed by atoms with Gasteiger partial charge >= 0.3 is 6.18 Å². The minimum absolute atomic E-state index is 0.0266. The van der Waals surface area contributed by atoms with Crippen LogP contribution in [0.4, 0.5) is 13.2 Å². The van der Waals surface area contributed by atoms with Gasteiger partial charge in [-0.1, -0.05) is 6.07 Å². The van der Waals surface area contributed by atoms with Gasteiger partial charge in [0, 0.05) is 44.8 Å².